The Labute approximate surface area is 99.4 Å². The first-order chi connectivity index (χ1) is 7.80. The van der Waals surface area contributed by atoms with Crippen molar-refractivity contribution < 1.29 is 9.59 Å². The lowest BCUT2D eigenvalue weighted by Gasteiger charge is -2.24. The van der Waals surface area contributed by atoms with Gasteiger partial charge in [0.25, 0.3) is 5.91 Å². The van der Waals surface area contributed by atoms with E-state index < -0.39 is 11.4 Å². The number of nitrogens with two attached hydrogens (primary N) is 2. The molecule has 0 unspecified atom stereocenters. The maximum absolute atomic E-state index is 11.8. The molecule has 0 aliphatic heterocycles. The topological polar surface area (TPSA) is 111 Å². The fraction of sp³-hybridized carbons (Fsp3) is 0.364. The van der Waals surface area contributed by atoms with Crippen molar-refractivity contribution in [1.82, 2.24) is 10.3 Å². The Bertz CT molecular complexity index is 426. The van der Waals surface area contributed by atoms with Gasteiger partial charge in [0.1, 0.15) is 5.82 Å². The van der Waals surface area contributed by atoms with E-state index in [1.54, 1.807) is 19.9 Å². The minimum absolute atomic E-state index is 0.0706. The molecule has 1 rings (SSSR count). The number of nitrogens with zero attached hydrogens (tertiary/aromatic N) is 1. The summed E-state index contributed by atoms with van der Waals surface area (Å²) in [5.41, 5.74) is 10.2. The summed E-state index contributed by atoms with van der Waals surface area (Å²) < 4.78 is 0. The minimum atomic E-state index is -0.690. The van der Waals surface area contributed by atoms with Gasteiger partial charge in [-0.1, -0.05) is 0 Å². The molecule has 1 aromatic rings. The summed E-state index contributed by atoms with van der Waals surface area (Å²) in [5.74, 6) is -0.438. The van der Waals surface area contributed by atoms with Gasteiger partial charge >= 0.3 is 0 Å². The molecule has 0 spiro atoms. The molecule has 0 bridgehead atoms. The van der Waals surface area contributed by atoms with Crippen LogP contribution in [0.3, 0.4) is 0 Å². The standard InChI is InChI=1S/C11H16N4O2/c1-11(2,5-9(13)16)15-10(17)7-3-4-8(12)14-6-7/h3-4,6H,5H2,1-2H3,(H2,12,14)(H2,13,16)(H,15,17). The van der Waals surface area contributed by atoms with Gasteiger partial charge in [0.05, 0.1) is 5.56 Å². The van der Waals surface area contributed by atoms with E-state index in [0.29, 0.717) is 11.4 Å². The van der Waals surface area contributed by atoms with Crippen LogP contribution in [-0.4, -0.2) is 22.3 Å². The highest BCUT2D eigenvalue weighted by atomic mass is 16.2. The second-order valence-electron chi connectivity index (χ2n) is 4.45. The Morgan fingerprint density at radius 1 is 1.41 bits per heavy atom. The number of nitrogens with one attached hydrogen (secondary N) is 1. The Hall–Kier alpha value is -2.11. The zero-order valence-corrected chi connectivity index (χ0v) is 9.86. The predicted molar refractivity (Wildman–Crippen MR) is 64.0 cm³/mol. The molecular formula is C11H16N4O2. The Balaban J connectivity index is 2.72. The zero-order chi connectivity index (χ0) is 13.1. The molecule has 6 heteroatoms. The maximum Gasteiger partial charge on any atom is 0.253 e. The summed E-state index contributed by atoms with van der Waals surface area (Å²) in [7, 11) is 0. The molecule has 0 saturated heterocycles. The van der Waals surface area contributed by atoms with E-state index in [9.17, 15) is 9.59 Å². The third-order valence-corrected chi connectivity index (χ3v) is 2.12. The number of carbonyl (C=O) groups excluding carboxylic acids is 2. The smallest absolute Gasteiger partial charge is 0.253 e. The quantitative estimate of drug-likeness (QED) is 0.685. The number of anilines is 1. The number of amides is 2. The minimum Gasteiger partial charge on any atom is -0.384 e. The van der Waals surface area contributed by atoms with Crippen molar-refractivity contribution in [3.63, 3.8) is 0 Å². The fourth-order valence-electron chi connectivity index (χ4n) is 1.40. The monoisotopic (exact) mass is 236 g/mol. The summed E-state index contributed by atoms with van der Waals surface area (Å²) in [6, 6.07) is 3.11. The van der Waals surface area contributed by atoms with Crippen LogP contribution < -0.4 is 16.8 Å². The van der Waals surface area contributed by atoms with Crippen LogP contribution in [0.2, 0.25) is 0 Å². The molecule has 0 radical (unpaired) electrons. The fourth-order valence-corrected chi connectivity index (χ4v) is 1.40. The second kappa shape index (κ2) is 4.82. The van der Waals surface area contributed by atoms with E-state index in [-0.39, 0.29) is 12.3 Å². The molecule has 0 fully saturated rings. The van der Waals surface area contributed by atoms with Crippen LogP contribution >= 0.6 is 0 Å². The van der Waals surface area contributed by atoms with Gasteiger partial charge in [-0.05, 0) is 26.0 Å². The van der Waals surface area contributed by atoms with Gasteiger partial charge in [-0.15, -0.1) is 0 Å². The number of nitrogen functional groups attached to an aromatic ring is 1. The molecule has 0 atom stereocenters. The molecule has 0 aromatic carbocycles. The molecule has 0 aliphatic carbocycles. The van der Waals surface area contributed by atoms with Gasteiger partial charge in [0.2, 0.25) is 5.91 Å². The van der Waals surface area contributed by atoms with Crippen molar-refractivity contribution in [3.8, 4) is 0 Å². The Morgan fingerprint density at radius 2 is 2.06 bits per heavy atom. The van der Waals surface area contributed by atoms with E-state index in [1.165, 1.54) is 12.3 Å². The second-order valence-corrected chi connectivity index (χ2v) is 4.45. The maximum atomic E-state index is 11.8. The summed E-state index contributed by atoms with van der Waals surface area (Å²) in [4.78, 5) is 26.4. The van der Waals surface area contributed by atoms with Crippen molar-refractivity contribution in [2.24, 2.45) is 5.73 Å². The summed E-state index contributed by atoms with van der Waals surface area (Å²) in [6.07, 6.45) is 1.45. The first kappa shape index (κ1) is 13.0. The lowest BCUT2D eigenvalue weighted by molar-refractivity contribution is -0.119. The molecule has 5 N–H and O–H groups in total. The summed E-state index contributed by atoms with van der Waals surface area (Å²) in [5, 5.41) is 2.70. The van der Waals surface area contributed by atoms with Crippen molar-refractivity contribution in [3.05, 3.63) is 23.9 Å². The highest BCUT2D eigenvalue weighted by Gasteiger charge is 2.23. The van der Waals surface area contributed by atoms with Crippen LogP contribution in [0.25, 0.3) is 0 Å². The van der Waals surface area contributed by atoms with Crippen LogP contribution in [0.4, 0.5) is 5.82 Å². The highest BCUT2D eigenvalue weighted by Crippen LogP contribution is 2.10. The molecule has 1 aromatic heterocycles. The Morgan fingerprint density at radius 3 is 2.53 bits per heavy atom. The molecular weight excluding hydrogens is 220 g/mol. The average molecular weight is 236 g/mol. The van der Waals surface area contributed by atoms with Crippen molar-refractivity contribution in [2.45, 2.75) is 25.8 Å². The number of aromatic nitrogens is 1. The van der Waals surface area contributed by atoms with E-state index in [4.69, 9.17) is 11.5 Å². The first-order valence-electron chi connectivity index (χ1n) is 5.12. The molecule has 17 heavy (non-hydrogen) atoms. The molecule has 92 valence electrons. The average Bonchev–Trinajstić information content (AvgIpc) is 2.15. The molecule has 1 heterocycles. The SMILES string of the molecule is CC(C)(CC(N)=O)NC(=O)c1ccc(N)nc1. The van der Waals surface area contributed by atoms with E-state index >= 15 is 0 Å². The number of pyridine rings is 1. The van der Waals surface area contributed by atoms with Crippen LogP contribution in [0.5, 0.6) is 0 Å². The van der Waals surface area contributed by atoms with Crippen molar-refractivity contribution in [1.29, 1.82) is 0 Å². The number of rotatable bonds is 4. The number of hydrogen-bond acceptors (Lipinski definition) is 4. The predicted octanol–water partition coefficient (Wildman–Crippen LogP) is 0.0476. The van der Waals surface area contributed by atoms with Crippen LogP contribution in [0.15, 0.2) is 18.3 Å². The summed E-state index contributed by atoms with van der Waals surface area (Å²) >= 11 is 0. The third kappa shape index (κ3) is 4.10. The highest BCUT2D eigenvalue weighted by molar-refractivity contribution is 5.94. The van der Waals surface area contributed by atoms with Crippen molar-refractivity contribution in [2.75, 3.05) is 5.73 Å². The molecule has 0 aliphatic rings. The molecule has 2 amide bonds. The third-order valence-electron chi connectivity index (χ3n) is 2.12. The number of carbonyl (C=O) groups is 2. The van der Waals surface area contributed by atoms with Gasteiger partial charge in [-0.25, -0.2) is 4.98 Å². The lowest BCUT2D eigenvalue weighted by atomic mass is 10.00. The Kier molecular flexibility index (Phi) is 3.67. The number of primary amides is 1. The lowest BCUT2D eigenvalue weighted by Crippen LogP contribution is -2.46. The first-order valence-corrected chi connectivity index (χ1v) is 5.12. The van der Waals surface area contributed by atoms with Gasteiger partial charge in [0.15, 0.2) is 0 Å². The largest absolute Gasteiger partial charge is 0.384 e. The summed E-state index contributed by atoms with van der Waals surface area (Å²) in [6.45, 7) is 3.45. The van der Waals surface area contributed by atoms with E-state index in [1.807, 2.05) is 0 Å². The van der Waals surface area contributed by atoms with Gasteiger partial charge < -0.3 is 16.8 Å². The van der Waals surface area contributed by atoms with E-state index in [2.05, 4.69) is 10.3 Å². The van der Waals surface area contributed by atoms with E-state index in [0.717, 1.165) is 0 Å². The molecule has 0 saturated carbocycles. The zero-order valence-electron chi connectivity index (χ0n) is 9.86. The van der Waals surface area contributed by atoms with Crippen LogP contribution in [-0.2, 0) is 4.79 Å². The number of hydrogen-bond donors (Lipinski definition) is 3. The van der Waals surface area contributed by atoms with Gasteiger partial charge in [-0.2, -0.15) is 0 Å². The van der Waals surface area contributed by atoms with Gasteiger partial charge in [0, 0.05) is 18.2 Å². The van der Waals surface area contributed by atoms with Crippen LogP contribution in [0.1, 0.15) is 30.6 Å². The van der Waals surface area contributed by atoms with Crippen molar-refractivity contribution >= 4 is 17.6 Å². The van der Waals surface area contributed by atoms with Gasteiger partial charge in [-0.3, -0.25) is 9.59 Å². The molecule has 6 nitrogen and oxygen atoms in total. The normalized spacial score (nSPS) is 10.9. The van der Waals surface area contributed by atoms with Crippen LogP contribution in [0, 0.1) is 0 Å².